The molecular formula is C12H18N6O. The molecule has 0 fully saturated rings. The zero-order valence-corrected chi connectivity index (χ0v) is 11.0. The minimum atomic E-state index is 0.166. The van der Waals surface area contributed by atoms with Crippen molar-refractivity contribution >= 4 is 0 Å². The van der Waals surface area contributed by atoms with Crippen LogP contribution in [0.4, 0.5) is 0 Å². The molecule has 0 atom stereocenters. The second kappa shape index (κ2) is 6.91. The summed E-state index contributed by atoms with van der Waals surface area (Å²) in [6.07, 6.45) is 6.08. The van der Waals surface area contributed by atoms with Gasteiger partial charge >= 0.3 is 0 Å². The van der Waals surface area contributed by atoms with E-state index in [0.717, 1.165) is 17.1 Å². The van der Waals surface area contributed by atoms with E-state index in [0.29, 0.717) is 26.1 Å². The van der Waals surface area contributed by atoms with E-state index < -0.39 is 0 Å². The normalized spacial score (nSPS) is 10.8. The van der Waals surface area contributed by atoms with Gasteiger partial charge in [-0.05, 0) is 13.3 Å². The fraction of sp³-hybridized carbons (Fsp3) is 0.500. The van der Waals surface area contributed by atoms with Crippen molar-refractivity contribution in [2.45, 2.75) is 33.0 Å². The third-order valence-corrected chi connectivity index (χ3v) is 2.58. The average molecular weight is 262 g/mol. The summed E-state index contributed by atoms with van der Waals surface area (Å²) in [5, 5.41) is 20.0. The maximum Gasteiger partial charge on any atom is 0.0964 e. The smallest absolute Gasteiger partial charge is 0.0964 e. The molecule has 0 aliphatic heterocycles. The number of aryl methyl sites for hydroxylation is 2. The van der Waals surface area contributed by atoms with E-state index in [4.69, 9.17) is 5.11 Å². The first-order valence-electron chi connectivity index (χ1n) is 6.26. The Kier molecular flexibility index (Phi) is 4.93. The first-order valence-corrected chi connectivity index (χ1v) is 6.26. The van der Waals surface area contributed by atoms with Crippen LogP contribution in [0.2, 0.25) is 0 Å². The van der Waals surface area contributed by atoms with E-state index in [2.05, 4.69) is 25.6 Å². The Hall–Kier alpha value is -1.86. The maximum absolute atomic E-state index is 8.73. The lowest BCUT2D eigenvalue weighted by Gasteiger charge is -2.01. The SMILES string of the molecule is Cc1cnc(CNCc2cn(CCCO)nn2)cn1. The van der Waals surface area contributed by atoms with Crippen molar-refractivity contribution in [3.8, 4) is 0 Å². The van der Waals surface area contributed by atoms with Crippen molar-refractivity contribution in [2.24, 2.45) is 0 Å². The monoisotopic (exact) mass is 262 g/mol. The number of aromatic nitrogens is 5. The molecular weight excluding hydrogens is 244 g/mol. The van der Waals surface area contributed by atoms with Gasteiger partial charge in [0.15, 0.2) is 0 Å². The van der Waals surface area contributed by atoms with Crippen LogP contribution in [0.5, 0.6) is 0 Å². The number of hydrogen-bond donors (Lipinski definition) is 2. The van der Waals surface area contributed by atoms with Gasteiger partial charge < -0.3 is 10.4 Å². The molecule has 0 aromatic carbocycles. The van der Waals surface area contributed by atoms with Gasteiger partial charge in [-0.15, -0.1) is 5.10 Å². The third kappa shape index (κ3) is 4.38. The molecule has 0 saturated heterocycles. The molecule has 2 aromatic rings. The van der Waals surface area contributed by atoms with Crippen molar-refractivity contribution in [1.29, 1.82) is 0 Å². The van der Waals surface area contributed by atoms with Gasteiger partial charge in [0.1, 0.15) is 0 Å². The molecule has 0 aliphatic rings. The molecule has 102 valence electrons. The van der Waals surface area contributed by atoms with Crippen molar-refractivity contribution in [1.82, 2.24) is 30.3 Å². The highest BCUT2D eigenvalue weighted by atomic mass is 16.3. The number of rotatable bonds is 7. The predicted molar refractivity (Wildman–Crippen MR) is 69.0 cm³/mol. The van der Waals surface area contributed by atoms with E-state index in [1.807, 2.05) is 13.1 Å². The number of aliphatic hydroxyl groups is 1. The summed E-state index contributed by atoms with van der Waals surface area (Å²) in [6.45, 7) is 4.05. The van der Waals surface area contributed by atoms with Gasteiger partial charge in [-0.2, -0.15) is 0 Å². The summed E-state index contributed by atoms with van der Waals surface area (Å²) < 4.78 is 1.74. The summed E-state index contributed by atoms with van der Waals surface area (Å²) in [7, 11) is 0. The van der Waals surface area contributed by atoms with Crippen molar-refractivity contribution in [3.05, 3.63) is 35.7 Å². The van der Waals surface area contributed by atoms with Crippen LogP contribution in [0, 0.1) is 6.92 Å². The van der Waals surface area contributed by atoms with Gasteiger partial charge in [0.05, 0.1) is 17.1 Å². The molecule has 0 amide bonds. The summed E-state index contributed by atoms with van der Waals surface area (Å²) >= 11 is 0. The highest BCUT2D eigenvalue weighted by Gasteiger charge is 2.01. The number of hydrogen-bond acceptors (Lipinski definition) is 6. The first kappa shape index (κ1) is 13.6. The highest BCUT2D eigenvalue weighted by Crippen LogP contribution is 1.97. The molecule has 7 nitrogen and oxygen atoms in total. The fourth-order valence-corrected chi connectivity index (χ4v) is 1.59. The van der Waals surface area contributed by atoms with Gasteiger partial charge in [0, 0.05) is 44.8 Å². The molecule has 2 N–H and O–H groups in total. The second-order valence-electron chi connectivity index (χ2n) is 4.30. The van der Waals surface area contributed by atoms with Gasteiger partial charge in [-0.25, -0.2) is 0 Å². The predicted octanol–water partition coefficient (Wildman–Crippen LogP) is 0.0487. The lowest BCUT2D eigenvalue weighted by atomic mass is 10.4. The highest BCUT2D eigenvalue weighted by molar-refractivity contribution is 5.00. The van der Waals surface area contributed by atoms with Crippen molar-refractivity contribution in [3.63, 3.8) is 0 Å². The van der Waals surface area contributed by atoms with Crippen LogP contribution in [0.15, 0.2) is 18.6 Å². The number of nitrogens with zero attached hydrogens (tertiary/aromatic N) is 5. The largest absolute Gasteiger partial charge is 0.396 e. The van der Waals surface area contributed by atoms with Crippen LogP contribution < -0.4 is 5.32 Å². The average Bonchev–Trinajstić information content (AvgIpc) is 2.87. The summed E-state index contributed by atoms with van der Waals surface area (Å²) in [4.78, 5) is 8.45. The molecule has 2 heterocycles. The Balaban J connectivity index is 1.76. The Morgan fingerprint density at radius 1 is 1.21 bits per heavy atom. The van der Waals surface area contributed by atoms with E-state index in [-0.39, 0.29) is 6.61 Å². The van der Waals surface area contributed by atoms with Crippen LogP contribution in [0.1, 0.15) is 23.5 Å². The molecule has 2 rings (SSSR count). The lowest BCUT2D eigenvalue weighted by Crippen LogP contribution is -2.14. The minimum absolute atomic E-state index is 0.166. The Morgan fingerprint density at radius 2 is 2.05 bits per heavy atom. The summed E-state index contributed by atoms with van der Waals surface area (Å²) in [5.41, 5.74) is 2.69. The van der Waals surface area contributed by atoms with Gasteiger partial charge in [0.2, 0.25) is 0 Å². The zero-order valence-electron chi connectivity index (χ0n) is 11.0. The minimum Gasteiger partial charge on any atom is -0.396 e. The van der Waals surface area contributed by atoms with Crippen LogP contribution in [0.3, 0.4) is 0 Å². The third-order valence-electron chi connectivity index (χ3n) is 2.58. The van der Waals surface area contributed by atoms with Crippen molar-refractivity contribution in [2.75, 3.05) is 6.61 Å². The molecule has 0 radical (unpaired) electrons. The van der Waals surface area contributed by atoms with E-state index >= 15 is 0 Å². The van der Waals surface area contributed by atoms with E-state index in [9.17, 15) is 0 Å². The van der Waals surface area contributed by atoms with E-state index in [1.54, 1.807) is 17.1 Å². The molecule has 2 aromatic heterocycles. The topological polar surface area (TPSA) is 88.8 Å². The molecule has 19 heavy (non-hydrogen) atoms. The summed E-state index contributed by atoms with van der Waals surface area (Å²) in [6, 6.07) is 0. The standard InChI is InChI=1S/C12H18N6O/c1-10-5-15-11(8-14-10)6-13-7-12-9-18(17-16-12)3-2-4-19/h5,8-9,13,19H,2-4,6-7H2,1H3. The second-order valence-corrected chi connectivity index (χ2v) is 4.30. The maximum atomic E-state index is 8.73. The first-order chi connectivity index (χ1) is 9.28. The van der Waals surface area contributed by atoms with Crippen LogP contribution >= 0.6 is 0 Å². The van der Waals surface area contributed by atoms with Gasteiger partial charge in [0.25, 0.3) is 0 Å². The van der Waals surface area contributed by atoms with Crippen LogP contribution in [-0.4, -0.2) is 36.7 Å². The Labute approximate surface area is 111 Å². The summed E-state index contributed by atoms with van der Waals surface area (Å²) in [5.74, 6) is 0. The zero-order chi connectivity index (χ0) is 13.5. The Morgan fingerprint density at radius 3 is 2.79 bits per heavy atom. The molecule has 0 saturated carbocycles. The Bertz CT molecular complexity index is 495. The molecule has 7 heteroatoms. The number of nitrogens with one attached hydrogen (secondary N) is 1. The van der Waals surface area contributed by atoms with Crippen molar-refractivity contribution < 1.29 is 5.11 Å². The number of aliphatic hydroxyl groups excluding tert-OH is 1. The molecule has 0 aliphatic carbocycles. The molecule has 0 bridgehead atoms. The van der Waals surface area contributed by atoms with Crippen LogP contribution in [0.25, 0.3) is 0 Å². The van der Waals surface area contributed by atoms with E-state index in [1.165, 1.54) is 0 Å². The van der Waals surface area contributed by atoms with Crippen LogP contribution in [-0.2, 0) is 19.6 Å². The fourth-order valence-electron chi connectivity index (χ4n) is 1.59. The molecule has 0 unspecified atom stereocenters. The van der Waals surface area contributed by atoms with Gasteiger partial charge in [-0.3, -0.25) is 14.6 Å². The lowest BCUT2D eigenvalue weighted by molar-refractivity contribution is 0.276. The van der Waals surface area contributed by atoms with Gasteiger partial charge in [-0.1, -0.05) is 5.21 Å². The molecule has 0 spiro atoms. The quantitative estimate of drug-likeness (QED) is 0.733.